The highest BCUT2D eigenvalue weighted by Gasteiger charge is 2.54. The van der Waals surface area contributed by atoms with Crippen molar-refractivity contribution in [3.05, 3.63) is 76.2 Å². The molecule has 43 heavy (non-hydrogen) atoms. The molecule has 0 saturated heterocycles. The quantitative estimate of drug-likeness (QED) is 0.374. The number of rotatable bonds is 8. The molecule has 0 N–H and O–H groups in total. The minimum absolute atomic E-state index is 0.0227. The molecule has 0 radical (unpaired) electrons. The van der Waals surface area contributed by atoms with Crippen molar-refractivity contribution < 1.29 is 9.53 Å². The van der Waals surface area contributed by atoms with Crippen molar-refractivity contribution in [3.63, 3.8) is 0 Å². The van der Waals surface area contributed by atoms with Crippen molar-refractivity contribution in [1.82, 2.24) is 19.6 Å². The van der Waals surface area contributed by atoms with E-state index in [0.29, 0.717) is 13.1 Å². The maximum Gasteiger partial charge on any atom is 0.280 e. The lowest BCUT2D eigenvalue weighted by atomic mass is 9.97. The summed E-state index contributed by atoms with van der Waals surface area (Å²) in [6.07, 6.45) is 8.26. The summed E-state index contributed by atoms with van der Waals surface area (Å²) in [5.41, 5.74) is 5.27. The minimum atomic E-state index is -0.293. The maximum atomic E-state index is 14.4. The number of carbonyl (C=O) groups excluding carboxylic acids is 1. The summed E-state index contributed by atoms with van der Waals surface area (Å²) in [6, 6.07) is 14.7. The Bertz CT molecular complexity index is 1470. The summed E-state index contributed by atoms with van der Waals surface area (Å²) in [7, 11) is 3.87. The monoisotopic (exact) mass is 579 g/mol. The van der Waals surface area contributed by atoms with Gasteiger partial charge in [0.2, 0.25) is 5.96 Å². The number of fused-ring (bicyclic) bond motifs is 2. The molecular formula is C36H45N5O2. The third kappa shape index (κ3) is 5.15. The van der Waals surface area contributed by atoms with E-state index in [1.807, 2.05) is 35.2 Å². The number of methoxy groups -OCH3 is 1. The third-order valence-corrected chi connectivity index (χ3v) is 9.34. The van der Waals surface area contributed by atoms with E-state index in [1.54, 1.807) is 7.11 Å². The van der Waals surface area contributed by atoms with Gasteiger partial charge in [0.25, 0.3) is 5.91 Å². The molecule has 1 fully saturated rings. The van der Waals surface area contributed by atoms with Crippen molar-refractivity contribution in [1.29, 1.82) is 0 Å². The lowest BCUT2D eigenvalue weighted by Crippen LogP contribution is -2.52. The van der Waals surface area contributed by atoms with Gasteiger partial charge in [0.05, 0.1) is 19.2 Å². The van der Waals surface area contributed by atoms with Gasteiger partial charge in [-0.3, -0.25) is 14.6 Å². The van der Waals surface area contributed by atoms with E-state index in [1.165, 1.54) is 29.5 Å². The topological polar surface area (TPSA) is 51.6 Å². The van der Waals surface area contributed by atoms with Crippen LogP contribution in [-0.2, 0) is 24.2 Å². The molecule has 1 atom stereocenters. The van der Waals surface area contributed by atoms with Crippen molar-refractivity contribution in [3.8, 4) is 17.6 Å². The highest BCUT2D eigenvalue weighted by atomic mass is 16.5. The van der Waals surface area contributed by atoms with Gasteiger partial charge >= 0.3 is 0 Å². The third-order valence-electron chi connectivity index (χ3n) is 9.34. The highest BCUT2D eigenvalue weighted by Crippen LogP contribution is 2.45. The number of benzene rings is 2. The number of guanidine groups is 1. The molecule has 4 aliphatic rings. The zero-order valence-electron chi connectivity index (χ0n) is 26.4. The van der Waals surface area contributed by atoms with Crippen molar-refractivity contribution in [2.45, 2.75) is 90.4 Å². The molecule has 1 saturated carbocycles. The van der Waals surface area contributed by atoms with Crippen LogP contribution in [0.5, 0.6) is 5.75 Å². The molecule has 0 aromatic heterocycles. The fraction of sp³-hybridized carbons (Fsp3) is 0.500. The van der Waals surface area contributed by atoms with Gasteiger partial charge in [-0.1, -0.05) is 81.7 Å². The van der Waals surface area contributed by atoms with Crippen LogP contribution in [0.2, 0.25) is 0 Å². The number of likely N-dealkylation sites (N-methyl/N-ethyl adjacent to an activating group) is 1. The second-order valence-electron chi connectivity index (χ2n) is 12.3. The number of nitrogens with zero attached hydrogens (tertiary/aromatic N) is 5. The van der Waals surface area contributed by atoms with Gasteiger partial charge in [-0.05, 0) is 61.4 Å². The summed E-state index contributed by atoms with van der Waals surface area (Å²) in [5, 5.41) is 0. The molecule has 2 aromatic rings. The van der Waals surface area contributed by atoms with Gasteiger partial charge < -0.3 is 14.5 Å². The van der Waals surface area contributed by atoms with Crippen molar-refractivity contribution in [2.75, 3.05) is 27.2 Å². The molecule has 1 amide bonds. The standard InChI is InChI=1S/C36H45N5O2/c1-6-14-28-22-27(23-29(15-7-2)32(28)43-5)24-40-30(19-18-26-16-10-9-11-17-26)38(4)33-31(40)34(42)39(8-3)35-37-36(25-41(33)35)20-12-13-21-36/h9-11,16-17,22-23,30H,6-8,12-15,20-21,24-25H2,1-5H3. The lowest BCUT2D eigenvalue weighted by Gasteiger charge is -2.36. The van der Waals surface area contributed by atoms with E-state index < -0.39 is 0 Å². The van der Waals surface area contributed by atoms with Crippen molar-refractivity contribution in [2.24, 2.45) is 4.99 Å². The van der Waals surface area contributed by atoms with E-state index in [9.17, 15) is 4.79 Å². The molecule has 226 valence electrons. The van der Waals surface area contributed by atoms with Gasteiger partial charge in [0.1, 0.15) is 17.3 Å². The Morgan fingerprint density at radius 2 is 1.70 bits per heavy atom. The fourth-order valence-electron chi connectivity index (χ4n) is 7.43. The van der Waals surface area contributed by atoms with Crippen LogP contribution in [-0.4, -0.2) is 70.4 Å². The van der Waals surface area contributed by atoms with Crippen LogP contribution in [0.1, 0.15) is 81.5 Å². The number of hydrogen-bond acceptors (Lipinski definition) is 6. The Morgan fingerprint density at radius 1 is 1.02 bits per heavy atom. The molecule has 3 heterocycles. The Morgan fingerprint density at radius 3 is 2.30 bits per heavy atom. The smallest absolute Gasteiger partial charge is 0.280 e. The minimum Gasteiger partial charge on any atom is -0.496 e. The lowest BCUT2D eigenvalue weighted by molar-refractivity contribution is -0.126. The second kappa shape index (κ2) is 12.0. The van der Waals surface area contributed by atoms with Gasteiger partial charge in [-0.2, -0.15) is 0 Å². The Kier molecular flexibility index (Phi) is 8.13. The fourth-order valence-corrected chi connectivity index (χ4v) is 7.43. The van der Waals surface area contributed by atoms with E-state index in [-0.39, 0.29) is 17.6 Å². The number of ether oxygens (including phenoxy) is 1. The van der Waals surface area contributed by atoms with Crippen LogP contribution >= 0.6 is 0 Å². The first-order valence-corrected chi connectivity index (χ1v) is 16.1. The predicted molar refractivity (Wildman–Crippen MR) is 171 cm³/mol. The molecule has 3 aliphatic heterocycles. The van der Waals surface area contributed by atoms with Gasteiger partial charge in [-0.15, -0.1) is 0 Å². The number of amides is 1. The first-order chi connectivity index (χ1) is 20.9. The van der Waals surface area contributed by atoms with E-state index >= 15 is 0 Å². The van der Waals surface area contributed by atoms with Crippen LogP contribution in [0, 0.1) is 11.8 Å². The van der Waals surface area contributed by atoms with E-state index in [4.69, 9.17) is 9.73 Å². The molecule has 1 spiro atoms. The first kappa shape index (κ1) is 29.2. The predicted octanol–water partition coefficient (Wildman–Crippen LogP) is 5.74. The molecule has 6 rings (SSSR count). The van der Waals surface area contributed by atoms with Crippen molar-refractivity contribution >= 4 is 11.9 Å². The first-order valence-electron chi connectivity index (χ1n) is 16.1. The zero-order valence-corrected chi connectivity index (χ0v) is 26.4. The van der Waals surface area contributed by atoms with Crippen LogP contribution in [0.25, 0.3) is 0 Å². The summed E-state index contributed by atoms with van der Waals surface area (Å²) < 4.78 is 5.92. The van der Waals surface area contributed by atoms with Crippen LogP contribution in [0.4, 0.5) is 0 Å². The molecule has 2 aromatic carbocycles. The summed E-state index contributed by atoms with van der Waals surface area (Å²) >= 11 is 0. The molecule has 0 bridgehead atoms. The Balaban J connectivity index is 1.46. The number of hydrogen-bond donors (Lipinski definition) is 0. The summed E-state index contributed by atoms with van der Waals surface area (Å²) in [4.78, 5) is 28.3. The van der Waals surface area contributed by atoms with Gasteiger partial charge in [0.15, 0.2) is 6.17 Å². The molecule has 1 unspecified atom stereocenters. The summed E-state index contributed by atoms with van der Waals surface area (Å²) in [5.74, 6) is 9.78. The number of aliphatic imine (C=N–C) groups is 1. The zero-order chi connectivity index (χ0) is 30.1. The Labute approximate surface area is 257 Å². The molecule has 7 nitrogen and oxygen atoms in total. The number of carbonyl (C=O) groups is 1. The van der Waals surface area contributed by atoms with E-state index in [0.717, 1.165) is 73.9 Å². The average Bonchev–Trinajstić information content (AvgIpc) is 3.69. The summed E-state index contributed by atoms with van der Waals surface area (Å²) in [6.45, 7) is 8.47. The van der Waals surface area contributed by atoms with Gasteiger partial charge in [0, 0.05) is 25.7 Å². The number of aryl methyl sites for hydroxylation is 2. The largest absolute Gasteiger partial charge is 0.496 e. The van der Waals surface area contributed by atoms with Crippen LogP contribution in [0.3, 0.4) is 0 Å². The molecule has 7 heteroatoms. The normalized spacial score (nSPS) is 20.4. The van der Waals surface area contributed by atoms with Crippen LogP contribution in [0.15, 0.2) is 59.0 Å². The van der Waals surface area contributed by atoms with Gasteiger partial charge in [-0.25, -0.2) is 4.99 Å². The molecular weight excluding hydrogens is 534 g/mol. The Hall–Kier alpha value is -3.92. The highest BCUT2D eigenvalue weighted by molar-refractivity contribution is 6.09. The SMILES string of the molecule is CCCc1cc(CN2C3=C(N4CC5(CCCC5)N=C4N(CC)C3=O)N(C)C2C#Cc2ccccc2)cc(CCC)c1OC. The second-order valence-corrected chi connectivity index (χ2v) is 12.3. The average molecular weight is 580 g/mol. The maximum absolute atomic E-state index is 14.4. The van der Waals surface area contributed by atoms with Crippen LogP contribution < -0.4 is 4.74 Å². The van der Waals surface area contributed by atoms with E-state index in [2.05, 4.69) is 66.5 Å². The molecule has 1 aliphatic carbocycles.